The molecule has 0 aliphatic rings. The van der Waals surface area contributed by atoms with Gasteiger partial charge >= 0.3 is 6.09 Å². The zero-order valence-electron chi connectivity index (χ0n) is 17.3. The summed E-state index contributed by atoms with van der Waals surface area (Å²) in [7, 11) is 5.61. The highest BCUT2D eigenvalue weighted by atomic mass is 16.6. The molecule has 0 bridgehead atoms. The number of guanidine groups is 1. The largest absolute Gasteiger partial charge is 0.444 e. The molecular weight excluding hydrogens is 332 g/mol. The van der Waals surface area contributed by atoms with E-state index in [0.29, 0.717) is 13.1 Å². The molecule has 0 saturated carbocycles. The molecule has 0 saturated heterocycles. The Labute approximate surface area is 157 Å². The molecule has 8 heteroatoms. The summed E-state index contributed by atoms with van der Waals surface area (Å²) in [5.41, 5.74) is 0.587. The van der Waals surface area contributed by atoms with E-state index in [0.717, 1.165) is 11.5 Å². The molecule has 0 aliphatic heterocycles. The van der Waals surface area contributed by atoms with Gasteiger partial charge in [-0.15, -0.1) is 0 Å². The van der Waals surface area contributed by atoms with E-state index in [9.17, 15) is 4.79 Å². The van der Waals surface area contributed by atoms with Crippen LogP contribution in [0.3, 0.4) is 0 Å². The molecule has 1 heterocycles. The number of aromatic nitrogens is 2. The van der Waals surface area contributed by atoms with Gasteiger partial charge in [0.05, 0.1) is 12.2 Å². The number of carbonyl (C=O) groups excluding carboxylic acids is 1. The van der Waals surface area contributed by atoms with E-state index in [-0.39, 0.29) is 12.0 Å². The maximum atomic E-state index is 12.1. The first-order valence-electron chi connectivity index (χ1n) is 8.90. The first kappa shape index (κ1) is 21.8. The van der Waals surface area contributed by atoms with Gasteiger partial charge in [-0.25, -0.2) is 4.79 Å². The maximum Gasteiger partial charge on any atom is 0.407 e. The van der Waals surface area contributed by atoms with E-state index in [1.54, 1.807) is 11.7 Å². The Bertz CT molecular complexity index is 603. The number of alkyl carbamates (subject to hydrolysis) is 1. The van der Waals surface area contributed by atoms with Crippen molar-refractivity contribution in [2.75, 3.05) is 20.6 Å². The summed E-state index contributed by atoms with van der Waals surface area (Å²) in [6, 6.07) is -0.0756. The lowest BCUT2D eigenvalue weighted by Gasteiger charge is -2.28. The summed E-state index contributed by atoms with van der Waals surface area (Å²) in [5, 5.41) is 10.4. The molecular formula is C18H34N6O2. The third-order valence-corrected chi connectivity index (χ3v) is 3.74. The lowest BCUT2D eigenvalue weighted by molar-refractivity contribution is 0.0491. The van der Waals surface area contributed by atoms with Crippen LogP contribution in [0.15, 0.2) is 17.4 Å². The average Bonchev–Trinajstić information content (AvgIpc) is 2.89. The fraction of sp³-hybridized carbons (Fsp3) is 0.722. The quantitative estimate of drug-likeness (QED) is 0.594. The number of nitrogens with zero attached hydrogens (tertiary/aromatic N) is 4. The Hall–Kier alpha value is -2.25. The molecule has 0 aromatic carbocycles. The molecule has 26 heavy (non-hydrogen) atoms. The Kier molecular flexibility index (Phi) is 7.92. The number of hydrogen-bond acceptors (Lipinski definition) is 4. The molecule has 1 aromatic heterocycles. The minimum absolute atomic E-state index is 0.0756. The summed E-state index contributed by atoms with van der Waals surface area (Å²) in [4.78, 5) is 18.4. The predicted octanol–water partition coefficient (Wildman–Crippen LogP) is 1.98. The van der Waals surface area contributed by atoms with Crippen LogP contribution in [0.4, 0.5) is 4.79 Å². The Balaban J connectivity index is 2.60. The van der Waals surface area contributed by atoms with Crippen molar-refractivity contribution in [3.63, 3.8) is 0 Å². The van der Waals surface area contributed by atoms with E-state index in [2.05, 4.69) is 34.6 Å². The molecule has 2 N–H and O–H groups in total. The third-order valence-electron chi connectivity index (χ3n) is 3.74. The molecule has 0 fully saturated rings. The molecule has 8 nitrogen and oxygen atoms in total. The molecule has 1 rings (SSSR count). The fourth-order valence-electron chi connectivity index (χ4n) is 2.40. The van der Waals surface area contributed by atoms with Gasteiger partial charge in [-0.2, -0.15) is 5.10 Å². The van der Waals surface area contributed by atoms with Gasteiger partial charge in [0.25, 0.3) is 0 Å². The molecule has 0 radical (unpaired) electrons. The summed E-state index contributed by atoms with van der Waals surface area (Å²) in [6.07, 6.45) is 3.41. The van der Waals surface area contributed by atoms with Crippen LogP contribution in [0.2, 0.25) is 0 Å². The number of hydrogen-bond donors (Lipinski definition) is 2. The topological polar surface area (TPSA) is 83.8 Å². The van der Waals surface area contributed by atoms with Gasteiger partial charge in [-0.3, -0.25) is 9.67 Å². The number of ether oxygens (including phenoxy) is 1. The van der Waals surface area contributed by atoms with Crippen molar-refractivity contribution >= 4 is 12.1 Å². The number of carbonyl (C=O) groups is 1. The number of aliphatic imine (C=N–C) groups is 1. The van der Waals surface area contributed by atoms with Crippen molar-refractivity contribution in [2.45, 2.75) is 52.8 Å². The van der Waals surface area contributed by atoms with E-state index < -0.39 is 11.7 Å². The van der Waals surface area contributed by atoms with Gasteiger partial charge in [0.15, 0.2) is 5.96 Å². The van der Waals surface area contributed by atoms with E-state index in [4.69, 9.17) is 4.74 Å². The first-order valence-corrected chi connectivity index (χ1v) is 8.90. The highest BCUT2D eigenvalue weighted by Crippen LogP contribution is 2.09. The second kappa shape index (κ2) is 9.45. The highest BCUT2D eigenvalue weighted by molar-refractivity contribution is 5.79. The van der Waals surface area contributed by atoms with Gasteiger partial charge in [-0.05, 0) is 26.7 Å². The second-order valence-corrected chi connectivity index (χ2v) is 7.80. The standard InChI is InChI=1S/C18H34N6O2/c1-13(2)15(22-17(25)26-18(3,4)5)10-20-16(19-6)23(7)11-14-9-21-24(8)12-14/h9,12-13,15H,10-11H2,1-8H3,(H,19,20)(H,22,25). The molecule has 1 atom stereocenters. The molecule has 0 spiro atoms. The van der Waals surface area contributed by atoms with Crippen molar-refractivity contribution < 1.29 is 9.53 Å². The van der Waals surface area contributed by atoms with Crippen LogP contribution in [-0.4, -0.2) is 59.0 Å². The van der Waals surface area contributed by atoms with Gasteiger partial charge in [0.1, 0.15) is 5.60 Å². The van der Waals surface area contributed by atoms with Crippen LogP contribution in [0.25, 0.3) is 0 Å². The van der Waals surface area contributed by atoms with Crippen molar-refractivity contribution in [2.24, 2.45) is 18.0 Å². The van der Waals surface area contributed by atoms with Crippen LogP contribution in [0, 0.1) is 5.92 Å². The molecule has 1 amide bonds. The average molecular weight is 367 g/mol. The van der Waals surface area contributed by atoms with Crippen LogP contribution in [-0.2, 0) is 18.3 Å². The number of amides is 1. The minimum Gasteiger partial charge on any atom is -0.444 e. The number of nitrogens with one attached hydrogen (secondary N) is 2. The van der Waals surface area contributed by atoms with Gasteiger partial charge in [0.2, 0.25) is 0 Å². The lowest BCUT2D eigenvalue weighted by atomic mass is 10.0. The maximum absolute atomic E-state index is 12.1. The highest BCUT2D eigenvalue weighted by Gasteiger charge is 2.22. The second-order valence-electron chi connectivity index (χ2n) is 7.80. The fourth-order valence-corrected chi connectivity index (χ4v) is 2.40. The molecule has 1 unspecified atom stereocenters. The summed E-state index contributed by atoms with van der Waals surface area (Å²) >= 11 is 0. The summed E-state index contributed by atoms with van der Waals surface area (Å²) in [6.45, 7) is 10.9. The number of aryl methyl sites for hydroxylation is 1. The predicted molar refractivity (Wildman–Crippen MR) is 104 cm³/mol. The molecule has 1 aromatic rings. The van der Waals surface area contributed by atoms with Gasteiger partial charge in [-0.1, -0.05) is 13.8 Å². The van der Waals surface area contributed by atoms with Crippen molar-refractivity contribution in [3.8, 4) is 0 Å². The minimum atomic E-state index is -0.515. The van der Waals surface area contributed by atoms with Crippen molar-refractivity contribution in [1.29, 1.82) is 0 Å². The van der Waals surface area contributed by atoms with Gasteiger partial charge in [0, 0.05) is 46.0 Å². The smallest absolute Gasteiger partial charge is 0.407 e. The lowest BCUT2D eigenvalue weighted by Crippen LogP contribution is -2.50. The SMILES string of the molecule is CN=C(NCC(NC(=O)OC(C)(C)C)C(C)C)N(C)Cc1cnn(C)c1. The van der Waals surface area contributed by atoms with E-state index in [1.807, 2.05) is 52.2 Å². The molecule has 148 valence electrons. The number of rotatable bonds is 6. The zero-order chi connectivity index (χ0) is 19.9. The van der Waals surface area contributed by atoms with Crippen LogP contribution >= 0.6 is 0 Å². The summed E-state index contributed by atoms with van der Waals surface area (Å²) in [5.74, 6) is 1.00. The van der Waals surface area contributed by atoms with Crippen LogP contribution in [0.1, 0.15) is 40.2 Å². The zero-order valence-corrected chi connectivity index (χ0v) is 17.3. The van der Waals surface area contributed by atoms with Crippen LogP contribution in [0.5, 0.6) is 0 Å². The van der Waals surface area contributed by atoms with Crippen LogP contribution < -0.4 is 10.6 Å². The monoisotopic (exact) mass is 366 g/mol. The Morgan fingerprint density at radius 2 is 2.08 bits per heavy atom. The van der Waals surface area contributed by atoms with E-state index >= 15 is 0 Å². The summed E-state index contributed by atoms with van der Waals surface area (Å²) < 4.78 is 7.13. The molecule has 0 aliphatic carbocycles. The van der Waals surface area contributed by atoms with E-state index in [1.165, 1.54) is 0 Å². The van der Waals surface area contributed by atoms with Crippen molar-refractivity contribution in [1.82, 2.24) is 25.3 Å². The normalized spacial score (nSPS) is 13.5. The Morgan fingerprint density at radius 3 is 2.54 bits per heavy atom. The third kappa shape index (κ3) is 7.76. The van der Waals surface area contributed by atoms with Gasteiger partial charge < -0.3 is 20.3 Å². The first-order chi connectivity index (χ1) is 12.0. The Morgan fingerprint density at radius 1 is 1.42 bits per heavy atom. The van der Waals surface area contributed by atoms with Crippen molar-refractivity contribution in [3.05, 3.63) is 18.0 Å².